The summed E-state index contributed by atoms with van der Waals surface area (Å²) in [4.78, 5) is 32.1. The van der Waals surface area contributed by atoms with Crippen LogP contribution in [-0.2, 0) is 14.4 Å². The minimum atomic E-state index is -1.20. The fraction of sp³-hybridized carbons (Fsp3) is 0.625. The number of aliphatic carboxylic acids is 2. The summed E-state index contributed by atoms with van der Waals surface area (Å²) in [5.41, 5.74) is 5.18. The normalized spacial score (nSPS) is 13.9. The van der Waals surface area contributed by atoms with Gasteiger partial charge in [-0.2, -0.15) is 12.6 Å². The molecule has 1 amide bonds. The molecule has 0 rings (SSSR count). The number of nitrogens with one attached hydrogen (secondary N) is 1. The average Bonchev–Trinajstić information content (AvgIpc) is 2.21. The predicted octanol–water partition coefficient (Wildman–Crippen LogP) is -1.32. The number of thiol groups is 1. The SMILES string of the molecule is NC(CCC(=O)N[C@H](CS)C(=O)O)C(=O)O. The fourth-order valence-electron chi connectivity index (χ4n) is 0.862. The van der Waals surface area contributed by atoms with Crippen LogP contribution < -0.4 is 11.1 Å². The summed E-state index contributed by atoms with van der Waals surface area (Å²) in [5.74, 6) is -2.98. The molecule has 0 heterocycles. The Labute approximate surface area is 97.4 Å². The molecule has 0 spiro atoms. The van der Waals surface area contributed by atoms with E-state index >= 15 is 0 Å². The minimum Gasteiger partial charge on any atom is -0.480 e. The standard InChI is InChI=1S/C8H14N2O5S/c9-4(7(12)13)1-2-6(11)10-5(3-16)8(14)15/h4-5,16H,1-3,9H2,(H,10,11)(H,12,13)(H,14,15)/t4?,5-/m1/s1. The zero-order valence-electron chi connectivity index (χ0n) is 8.42. The molecule has 0 fully saturated rings. The maximum absolute atomic E-state index is 11.2. The van der Waals surface area contributed by atoms with E-state index in [1.165, 1.54) is 0 Å². The zero-order chi connectivity index (χ0) is 12.7. The van der Waals surface area contributed by atoms with E-state index in [2.05, 4.69) is 17.9 Å². The van der Waals surface area contributed by atoms with Crippen LogP contribution in [0.15, 0.2) is 0 Å². The summed E-state index contributed by atoms with van der Waals surface area (Å²) in [6, 6.07) is -2.19. The molecule has 0 aromatic heterocycles. The van der Waals surface area contributed by atoms with Crippen molar-refractivity contribution in [1.82, 2.24) is 5.32 Å². The lowest BCUT2D eigenvalue weighted by Crippen LogP contribution is -2.42. The number of carbonyl (C=O) groups is 3. The highest BCUT2D eigenvalue weighted by atomic mass is 32.1. The number of carbonyl (C=O) groups excluding carboxylic acids is 1. The monoisotopic (exact) mass is 250 g/mol. The first-order valence-corrected chi connectivity index (χ1v) is 5.13. The molecule has 5 N–H and O–H groups in total. The Morgan fingerprint density at radius 2 is 1.81 bits per heavy atom. The second kappa shape index (κ2) is 7.07. The van der Waals surface area contributed by atoms with Crippen LogP contribution in [0.3, 0.4) is 0 Å². The highest BCUT2D eigenvalue weighted by Gasteiger charge is 2.19. The maximum atomic E-state index is 11.2. The van der Waals surface area contributed by atoms with Crippen molar-refractivity contribution in [2.75, 3.05) is 5.75 Å². The van der Waals surface area contributed by atoms with Crippen LogP contribution in [0.1, 0.15) is 12.8 Å². The molecule has 92 valence electrons. The number of hydrogen-bond acceptors (Lipinski definition) is 5. The van der Waals surface area contributed by atoms with Crippen LogP contribution >= 0.6 is 12.6 Å². The molecule has 0 aromatic rings. The molecular formula is C8H14N2O5S. The van der Waals surface area contributed by atoms with Gasteiger partial charge in [0.1, 0.15) is 12.1 Å². The van der Waals surface area contributed by atoms with Crippen LogP contribution in [0, 0.1) is 0 Å². The van der Waals surface area contributed by atoms with E-state index in [1.54, 1.807) is 0 Å². The number of nitrogens with two attached hydrogens (primary N) is 1. The van der Waals surface area contributed by atoms with Crippen LogP contribution in [0.4, 0.5) is 0 Å². The van der Waals surface area contributed by atoms with Crippen molar-refractivity contribution >= 4 is 30.5 Å². The van der Waals surface area contributed by atoms with Gasteiger partial charge in [-0.05, 0) is 6.42 Å². The van der Waals surface area contributed by atoms with Gasteiger partial charge in [0.2, 0.25) is 5.91 Å². The van der Waals surface area contributed by atoms with Gasteiger partial charge >= 0.3 is 11.9 Å². The Kier molecular flexibility index (Phi) is 6.50. The van der Waals surface area contributed by atoms with Gasteiger partial charge in [0.05, 0.1) is 0 Å². The van der Waals surface area contributed by atoms with Crippen molar-refractivity contribution in [2.45, 2.75) is 24.9 Å². The Morgan fingerprint density at radius 1 is 1.25 bits per heavy atom. The smallest absolute Gasteiger partial charge is 0.327 e. The highest BCUT2D eigenvalue weighted by molar-refractivity contribution is 7.80. The summed E-state index contributed by atoms with van der Waals surface area (Å²) in [7, 11) is 0. The first-order chi connectivity index (χ1) is 7.38. The van der Waals surface area contributed by atoms with Gasteiger partial charge in [0, 0.05) is 12.2 Å². The van der Waals surface area contributed by atoms with Crippen LogP contribution in [0.5, 0.6) is 0 Å². The first kappa shape index (κ1) is 14.7. The van der Waals surface area contributed by atoms with E-state index in [4.69, 9.17) is 15.9 Å². The number of carboxylic acid groups (broad SMARTS) is 2. The third kappa shape index (κ3) is 5.56. The molecule has 0 aliphatic heterocycles. The Hall–Kier alpha value is -1.28. The minimum absolute atomic E-state index is 0.0357. The van der Waals surface area contributed by atoms with E-state index in [1.807, 2.05) is 0 Å². The fourth-order valence-corrected chi connectivity index (χ4v) is 1.11. The molecule has 0 aromatic carbocycles. The molecule has 1 unspecified atom stereocenters. The van der Waals surface area contributed by atoms with E-state index in [0.29, 0.717) is 0 Å². The summed E-state index contributed by atoms with van der Waals surface area (Å²) in [6.45, 7) is 0. The van der Waals surface area contributed by atoms with Crippen LogP contribution in [0.2, 0.25) is 0 Å². The number of hydrogen-bond donors (Lipinski definition) is 5. The predicted molar refractivity (Wildman–Crippen MR) is 58.3 cm³/mol. The molecule has 0 saturated heterocycles. The molecule has 0 aliphatic carbocycles. The van der Waals surface area contributed by atoms with Crippen molar-refractivity contribution in [3.63, 3.8) is 0 Å². The third-order valence-electron chi connectivity index (χ3n) is 1.82. The van der Waals surface area contributed by atoms with Gasteiger partial charge in [-0.25, -0.2) is 4.79 Å². The molecule has 0 bridgehead atoms. The van der Waals surface area contributed by atoms with Crippen LogP contribution in [0.25, 0.3) is 0 Å². The molecule has 8 heteroatoms. The highest BCUT2D eigenvalue weighted by Crippen LogP contribution is 1.97. The van der Waals surface area contributed by atoms with E-state index < -0.39 is 29.9 Å². The largest absolute Gasteiger partial charge is 0.480 e. The quantitative estimate of drug-likeness (QED) is 0.356. The lowest BCUT2D eigenvalue weighted by molar-refractivity contribution is -0.141. The van der Waals surface area contributed by atoms with Crippen molar-refractivity contribution in [3.05, 3.63) is 0 Å². The summed E-state index contributed by atoms with van der Waals surface area (Å²) >= 11 is 3.76. The summed E-state index contributed by atoms with van der Waals surface area (Å²) in [5, 5.41) is 19.3. The average molecular weight is 250 g/mol. The Bertz CT molecular complexity index is 284. The van der Waals surface area contributed by atoms with Crippen molar-refractivity contribution in [1.29, 1.82) is 0 Å². The van der Waals surface area contributed by atoms with Crippen molar-refractivity contribution in [2.24, 2.45) is 5.73 Å². The van der Waals surface area contributed by atoms with Crippen LogP contribution in [-0.4, -0.2) is 45.9 Å². The molecular weight excluding hydrogens is 236 g/mol. The Morgan fingerprint density at radius 3 is 2.19 bits per heavy atom. The Balaban J connectivity index is 3.99. The van der Waals surface area contributed by atoms with Gasteiger partial charge in [-0.15, -0.1) is 0 Å². The topological polar surface area (TPSA) is 130 Å². The number of amides is 1. The van der Waals surface area contributed by atoms with Gasteiger partial charge in [-0.1, -0.05) is 0 Å². The number of carboxylic acids is 2. The molecule has 7 nitrogen and oxygen atoms in total. The first-order valence-electron chi connectivity index (χ1n) is 4.50. The van der Waals surface area contributed by atoms with E-state index in [-0.39, 0.29) is 18.6 Å². The zero-order valence-corrected chi connectivity index (χ0v) is 9.31. The lowest BCUT2D eigenvalue weighted by Gasteiger charge is -2.12. The maximum Gasteiger partial charge on any atom is 0.327 e. The van der Waals surface area contributed by atoms with Gasteiger partial charge in [0.15, 0.2) is 0 Å². The summed E-state index contributed by atoms with van der Waals surface area (Å²) < 4.78 is 0. The molecule has 16 heavy (non-hydrogen) atoms. The molecule has 2 atom stereocenters. The van der Waals surface area contributed by atoms with E-state index in [9.17, 15) is 14.4 Å². The molecule has 0 radical (unpaired) electrons. The second-order valence-electron chi connectivity index (χ2n) is 3.12. The lowest BCUT2D eigenvalue weighted by atomic mass is 10.1. The van der Waals surface area contributed by atoms with Crippen molar-refractivity contribution < 1.29 is 24.6 Å². The van der Waals surface area contributed by atoms with Gasteiger partial charge in [-0.3, -0.25) is 9.59 Å². The van der Waals surface area contributed by atoms with Crippen molar-refractivity contribution in [3.8, 4) is 0 Å². The number of rotatable bonds is 7. The third-order valence-corrected chi connectivity index (χ3v) is 2.18. The molecule has 0 aliphatic rings. The molecule has 0 saturated carbocycles. The van der Waals surface area contributed by atoms with E-state index in [0.717, 1.165) is 0 Å². The summed E-state index contributed by atoms with van der Waals surface area (Å²) in [6.07, 6.45) is -0.175. The van der Waals surface area contributed by atoms with Gasteiger partial charge in [0.25, 0.3) is 0 Å². The van der Waals surface area contributed by atoms with Gasteiger partial charge < -0.3 is 21.3 Å². The second-order valence-corrected chi connectivity index (χ2v) is 3.49.